The second kappa shape index (κ2) is 13.6. The summed E-state index contributed by atoms with van der Waals surface area (Å²) in [6.07, 6.45) is -2.22. The van der Waals surface area contributed by atoms with Crippen molar-refractivity contribution in [3.05, 3.63) is 87.0 Å². The van der Waals surface area contributed by atoms with Gasteiger partial charge in [-0.2, -0.15) is 22.7 Å². The number of fused-ring (bicyclic) bond motifs is 2. The van der Waals surface area contributed by atoms with Crippen molar-refractivity contribution in [2.75, 3.05) is 54.5 Å². The zero-order chi connectivity index (χ0) is 36.9. The highest BCUT2D eigenvalue weighted by atomic mass is 19.4. The Balaban J connectivity index is 1.26. The van der Waals surface area contributed by atoms with Crippen LogP contribution in [0.5, 0.6) is 5.75 Å². The number of pyridine rings is 1. The third-order valence-corrected chi connectivity index (χ3v) is 9.61. The van der Waals surface area contributed by atoms with Gasteiger partial charge in [0.15, 0.2) is 11.6 Å². The summed E-state index contributed by atoms with van der Waals surface area (Å²) in [6.45, 7) is 6.87. The molecule has 0 unspecified atom stereocenters. The molecule has 0 atom stereocenters. The largest absolute Gasteiger partial charge is 0.504 e. The Kier molecular flexibility index (Phi) is 9.10. The lowest BCUT2D eigenvalue weighted by atomic mass is 10.1. The van der Waals surface area contributed by atoms with Gasteiger partial charge in [0.05, 0.1) is 41.4 Å². The minimum Gasteiger partial charge on any atom is -0.504 e. The summed E-state index contributed by atoms with van der Waals surface area (Å²) in [6, 6.07) is 9.18. The number of benzene rings is 2. The highest BCUT2D eigenvalue weighted by Crippen LogP contribution is 2.38. The maximum Gasteiger partial charge on any atom is 0.419 e. The van der Waals surface area contributed by atoms with E-state index in [1.807, 2.05) is 42.2 Å². The molecule has 2 N–H and O–H groups in total. The van der Waals surface area contributed by atoms with Gasteiger partial charge in [0.1, 0.15) is 18.0 Å². The summed E-state index contributed by atoms with van der Waals surface area (Å²) in [4.78, 5) is 41.1. The molecule has 0 spiro atoms. The Morgan fingerprint density at radius 3 is 2.40 bits per heavy atom. The summed E-state index contributed by atoms with van der Waals surface area (Å²) in [7, 11) is 0. The Bertz CT molecular complexity index is 2310. The first-order valence-electron chi connectivity index (χ1n) is 16.9. The Labute approximate surface area is 295 Å². The van der Waals surface area contributed by atoms with E-state index in [1.54, 1.807) is 11.5 Å². The van der Waals surface area contributed by atoms with Crippen LogP contribution in [0.2, 0.25) is 0 Å². The van der Waals surface area contributed by atoms with E-state index in [9.17, 15) is 32.3 Å². The molecule has 5 aromatic rings. The van der Waals surface area contributed by atoms with Crippen LogP contribution < -0.4 is 20.7 Å². The first-order valence-corrected chi connectivity index (χ1v) is 16.9. The lowest BCUT2D eigenvalue weighted by molar-refractivity contribution is -0.140. The van der Waals surface area contributed by atoms with Crippen molar-refractivity contribution < 1.29 is 32.2 Å². The molecule has 7 rings (SSSR count). The average molecular weight is 721 g/mol. The topological polar surface area (TPSA) is 130 Å². The Morgan fingerprint density at radius 2 is 1.73 bits per heavy atom. The predicted octanol–water partition coefficient (Wildman–Crippen LogP) is 5.25. The van der Waals surface area contributed by atoms with Crippen LogP contribution in [0.3, 0.4) is 0 Å². The van der Waals surface area contributed by atoms with Crippen molar-refractivity contribution in [2.24, 2.45) is 0 Å². The SMILES string of the molecule is CCc1c(N2CCN(c3c(O)c(C)nc4ccccc34)CC2)c(=O)n2nc(C3=CCOCC3)nc2n1CC(=O)Nc1ccc(C(F)(F)F)c(F)c1C. The van der Waals surface area contributed by atoms with Crippen LogP contribution in [0.1, 0.15) is 41.7 Å². The highest BCUT2D eigenvalue weighted by Gasteiger charge is 2.35. The quantitative estimate of drug-likeness (QED) is 0.217. The molecular formula is C36H36F4N8O4. The maximum absolute atomic E-state index is 14.7. The normalized spacial score (nSPS) is 15.4. The van der Waals surface area contributed by atoms with Crippen molar-refractivity contribution in [3.8, 4) is 5.75 Å². The van der Waals surface area contributed by atoms with E-state index in [0.29, 0.717) is 86.9 Å². The van der Waals surface area contributed by atoms with E-state index in [1.165, 1.54) is 4.52 Å². The lowest BCUT2D eigenvalue weighted by Gasteiger charge is -2.38. The number of alkyl halides is 3. The molecule has 2 aromatic carbocycles. The fourth-order valence-corrected chi connectivity index (χ4v) is 6.95. The van der Waals surface area contributed by atoms with E-state index in [0.717, 1.165) is 29.5 Å². The number of carbonyl (C=O) groups excluding carboxylic acids is 1. The minimum absolute atomic E-state index is 0.0944. The summed E-state index contributed by atoms with van der Waals surface area (Å²) in [5.74, 6) is -1.61. The minimum atomic E-state index is -4.90. The second-order valence-electron chi connectivity index (χ2n) is 12.8. The number of halogens is 4. The molecule has 12 nitrogen and oxygen atoms in total. The number of aryl methyl sites for hydroxylation is 1. The van der Waals surface area contributed by atoms with Crippen LogP contribution in [0.4, 0.5) is 34.6 Å². The highest BCUT2D eigenvalue weighted by molar-refractivity contribution is 5.95. The van der Waals surface area contributed by atoms with Crippen molar-refractivity contribution in [1.29, 1.82) is 0 Å². The number of aromatic hydroxyl groups is 1. The fourth-order valence-electron chi connectivity index (χ4n) is 6.95. The van der Waals surface area contributed by atoms with Gasteiger partial charge in [0, 0.05) is 42.8 Å². The van der Waals surface area contributed by atoms with E-state index < -0.39 is 35.6 Å². The standard InChI is InChI=1S/C36H36F4N8O4/c1-4-27-31(46-15-13-45(14-16-46)30-23-7-5-6-8-26(23)41-21(3)32(30)50)34(51)48-35(43-33(44-48)22-11-17-52-18-12-22)47(27)19-28(49)42-25-10-9-24(36(38,39)40)29(37)20(25)2/h5-11,50H,4,12-19H2,1-3H3,(H,42,49). The Morgan fingerprint density at radius 1 is 1.02 bits per heavy atom. The number of nitrogens with one attached hydrogen (secondary N) is 1. The number of hydrogen-bond donors (Lipinski definition) is 2. The smallest absolute Gasteiger partial charge is 0.419 e. The zero-order valence-corrected chi connectivity index (χ0v) is 28.7. The number of nitrogens with zero attached hydrogens (tertiary/aromatic N) is 7. The van der Waals surface area contributed by atoms with E-state index in [2.05, 4.69) is 25.3 Å². The number of carbonyl (C=O) groups is 1. The van der Waals surface area contributed by atoms with Gasteiger partial charge in [0.25, 0.3) is 5.56 Å². The van der Waals surface area contributed by atoms with E-state index in [-0.39, 0.29) is 22.8 Å². The molecule has 5 heterocycles. The number of aromatic nitrogens is 5. The molecule has 2 aliphatic heterocycles. The molecule has 16 heteroatoms. The number of anilines is 3. The molecule has 2 aliphatic rings. The van der Waals surface area contributed by atoms with Crippen molar-refractivity contribution in [2.45, 2.75) is 46.3 Å². The average Bonchev–Trinajstić information content (AvgIpc) is 3.58. The van der Waals surface area contributed by atoms with Crippen LogP contribution >= 0.6 is 0 Å². The monoisotopic (exact) mass is 720 g/mol. The number of hydrogen-bond acceptors (Lipinski definition) is 9. The molecule has 0 radical (unpaired) electrons. The van der Waals surface area contributed by atoms with Crippen LogP contribution in [-0.4, -0.2) is 74.6 Å². The van der Waals surface area contributed by atoms with Gasteiger partial charge in [-0.05, 0) is 50.5 Å². The lowest BCUT2D eigenvalue weighted by Crippen LogP contribution is -2.49. The van der Waals surface area contributed by atoms with Crippen molar-refractivity contribution in [1.82, 2.24) is 24.1 Å². The molecule has 1 fully saturated rings. The molecule has 0 bridgehead atoms. The molecule has 1 saturated heterocycles. The van der Waals surface area contributed by atoms with E-state index >= 15 is 0 Å². The molecule has 0 aliphatic carbocycles. The molecule has 272 valence electrons. The molecule has 1 amide bonds. The maximum atomic E-state index is 14.7. The zero-order valence-electron chi connectivity index (χ0n) is 28.7. The van der Waals surface area contributed by atoms with Gasteiger partial charge < -0.3 is 29.5 Å². The summed E-state index contributed by atoms with van der Waals surface area (Å²) < 4.78 is 62.8. The number of rotatable bonds is 7. The van der Waals surface area contributed by atoms with Crippen LogP contribution in [-0.2, 0) is 28.7 Å². The number of amides is 1. The molecule has 0 saturated carbocycles. The van der Waals surface area contributed by atoms with Crippen molar-refractivity contribution in [3.63, 3.8) is 0 Å². The van der Waals surface area contributed by atoms with Gasteiger partial charge in [-0.1, -0.05) is 31.2 Å². The summed E-state index contributed by atoms with van der Waals surface area (Å²) in [5.41, 5.74) is 1.23. The number of ether oxygens (including phenoxy) is 1. The third-order valence-electron chi connectivity index (χ3n) is 9.61. The molecule has 3 aromatic heterocycles. The first-order chi connectivity index (χ1) is 24.9. The van der Waals surface area contributed by atoms with Crippen LogP contribution in [0, 0.1) is 19.7 Å². The predicted molar refractivity (Wildman–Crippen MR) is 187 cm³/mol. The third kappa shape index (κ3) is 6.20. The van der Waals surface area contributed by atoms with Gasteiger partial charge in [-0.25, -0.2) is 9.37 Å². The van der Waals surface area contributed by atoms with Gasteiger partial charge >= 0.3 is 6.18 Å². The molecule has 52 heavy (non-hydrogen) atoms. The molecular weight excluding hydrogens is 684 g/mol. The van der Waals surface area contributed by atoms with Gasteiger partial charge in [0.2, 0.25) is 11.7 Å². The van der Waals surface area contributed by atoms with Crippen LogP contribution in [0.25, 0.3) is 22.3 Å². The summed E-state index contributed by atoms with van der Waals surface area (Å²) >= 11 is 0. The summed E-state index contributed by atoms with van der Waals surface area (Å²) in [5, 5.41) is 19.0. The fraction of sp³-hybridized carbons (Fsp3) is 0.361. The Hall–Kier alpha value is -5.51. The number of para-hydroxylation sites is 1. The second-order valence-corrected chi connectivity index (χ2v) is 12.8. The number of piperazine rings is 1. The van der Waals surface area contributed by atoms with Gasteiger partial charge in [-0.3, -0.25) is 9.59 Å². The van der Waals surface area contributed by atoms with E-state index in [4.69, 9.17) is 4.74 Å². The van der Waals surface area contributed by atoms with Crippen LogP contribution in [0.15, 0.2) is 47.3 Å². The first kappa shape index (κ1) is 34.9. The van der Waals surface area contributed by atoms with Crippen molar-refractivity contribution >= 4 is 45.2 Å². The van der Waals surface area contributed by atoms with Gasteiger partial charge in [-0.15, -0.1) is 5.10 Å².